The Morgan fingerprint density at radius 3 is 2.71 bits per heavy atom. The van der Waals surface area contributed by atoms with E-state index >= 15 is 0 Å². The maximum atomic E-state index is 5.89. The molecule has 0 radical (unpaired) electrons. The molecule has 0 saturated carbocycles. The largest absolute Gasteiger partial charge is 0.324 e. The Kier molecular flexibility index (Phi) is 2.22. The minimum atomic E-state index is 0.0585. The molecule has 0 unspecified atom stereocenters. The summed E-state index contributed by atoms with van der Waals surface area (Å²) in [4.78, 5) is 4.46. The predicted molar refractivity (Wildman–Crippen MR) is 59.1 cm³/mol. The molecule has 2 nitrogen and oxygen atoms in total. The molecule has 2 rings (SSSR count). The van der Waals surface area contributed by atoms with Gasteiger partial charge in [-0.3, -0.25) is 4.98 Å². The lowest BCUT2D eigenvalue weighted by Crippen LogP contribution is -2.05. The van der Waals surface area contributed by atoms with Crippen LogP contribution in [0, 0.1) is 6.92 Å². The normalized spacial score (nSPS) is 13.1. The van der Waals surface area contributed by atoms with Crippen LogP contribution in [0.4, 0.5) is 0 Å². The van der Waals surface area contributed by atoms with Gasteiger partial charge in [-0.2, -0.15) is 0 Å². The van der Waals surface area contributed by atoms with E-state index in [4.69, 9.17) is 5.73 Å². The van der Waals surface area contributed by atoms with Gasteiger partial charge in [0.1, 0.15) is 0 Å². The minimum Gasteiger partial charge on any atom is -0.324 e. The van der Waals surface area contributed by atoms with E-state index in [9.17, 15) is 0 Å². The Hall–Kier alpha value is -1.41. The van der Waals surface area contributed by atoms with Gasteiger partial charge in [0.15, 0.2) is 0 Å². The first-order valence-corrected chi connectivity index (χ1v) is 4.80. The number of nitrogens with zero attached hydrogens (tertiary/aromatic N) is 1. The number of hydrogen-bond acceptors (Lipinski definition) is 2. The highest BCUT2D eigenvalue weighted by Gasteiger charge is 2.04. The van der Waals surface area contributed by atoms with Gasteiger partial charge in [0.05, 0.1) is 5.52 Å². The first-order chi connectivity index (χ1) is 6.68. The van der Waals surface area contributed by atoms with Gasteiger partial charge in [-0.1, -0.05) is 18.2 Å². The van der Waals surface area contributed by atoms with E-state index < -0.39 is 0 Å². The maximum absolute atomic E-state index is 5.89. The van der Waals surface area contributed by atoms with Crippen LogP contribution in [0.1, 0.15) is 24.2 Å². The zero-order valence-electron chi connectivity index (χ0n) is 8.49. The third kappa shape index (κ3) is 1.49. The van der Waals surface area contributed by atoms with Crippen LogP contribution in [0.3, 0.4) is 0 Å². The number of aromatic nitrogens is 1. The van der Waals surface area contributed by atoms with Crippen molar-refractivity contribution in [2.75, 3.05) is 0 Å². The van der Waals surface area contributed by atoms with Gasteiger partial charge in [0.25, 0.3) is 0 Å². The Labute approximate surface area is 83.8 Å². The highest BCUT2D eigenvalue weighted by atomic mass is 14.7. The Balaban J connectivity index is 2.75. The molecule has 2 aromatic rings. The van der Waals surface area contributed by atoms with E-state index in [0.717, 1.165) is 22.2 Å². The molecule has 0 aliphatic heterocycles. The molecule has 1 atom stereocenters. The first-order valence-electron chi connectivity index (χ1n) is 4.80. The quantitative estimate of drug-likeness (QED) is 0.743. The van der Waals surface area contributed by atoms with Crippen LogP contribution >= 0.6 is 0 Å². The van der Waals surface area contributed by atoms with Crippen molar-refractivity contribution in [3.05, 3.63) is 41.6 Å². The van der Waals surface area contributed by atoms with Crippen LogP contribution < -0.4 is 5.73 Å². The van der Waals surface area contributed by atoms with Crippen molar-refractivity contribution in [3.8, 4) is 0 Å². The Morgan fingerprint density at radius 1 is 1.21 bits per heavy atom. The van der Waals surface area contributed by atoms with E-state index in [1.54, 1.807) is 0 Å². The second-order valence-electron chi connectivity index (χ2n) is 3.66. The number of benzene rings is 1. The lowest BCUT2D eigenvalue weighted by molar-refractivity contribution is 0.826. The number of pyridine rings is 1. The van der Waals surface area contributed by atoms with Crippen molar-refractivity contribution >= 4 is 10.9 Å². The molecule has 72 valence electrons. The van der Waals surface area contributed by atoms with Gasteiger partial charge in [-0.05, 0) is 31.5 Å². The van der Waals surface area contributed by atoms with Crippen LogP contribution in [0.15, 0.2) is 30.3 Å². The summed E-state index contributed by atoms with van der Waals surface area (Å²) in [6.45, 7) is 3.99. The summed E-state index contributed by atoms with van der Waals surface area (Å²) in [6.07, 6.45) is 0. The number of nitrogens with two attached hydrogens (primary N) is 1. The summed E-state index contributed by atoms with van der Waals surface area (Å²) in [5, 5.41) is 1.16. The molecule has 2 N–H and O–H groups in total. The van der Waals surface area contributed by atoms with Gasteiger partial charge >= 0.3 is 0 Å². The molecule has 1 heterocycles. The topological polar surface area (TPSA) is 38.9 Å². The molecule has 1 aromatic heterocycles. The van der Waals surface area contributed by atoms with Crippen LogP contribution in [0.5, 0.6) is 0 Å². The number of rotatable bonds is 1. The van der Waals surface area contributed by atoms with Crippen molar-refractivity contribution in [2.24, 2.45) is 5.73 Å². The summed E-state index contributed by atoms with van der Waals surface area (Å²) in [6, 6.07) is 10.3. The third-order valence-electron chi connectivity index (χ3n) is 2.40. The van der Waals surface area contributed by atoms with Gasteiger partial charge in [0, 0.05) is 17.1 Å². The Morgan fingerprint density at radius 2 is 2.00 bits per heavy atom. The number of fused-ring (bicyclic) bond motifs is 1. The molecule has 0 aliphatic rings. The second-order valence-corrected chi connectivity index (χ2v) is 3.66. The zero-order chi connectivity index (χ0) is 10.1. The van der Waals surface area contributed by atoms with Crippen molar-refractivity contribution in [1.82, 2.24) is 4.98 Å². The third-order valence-corrected chi connectivity index (χ3v) is 2.40. The highest BCUT2D eigenvalue weighted by Crippen LogP contribution is 2.21. The van der Waals surface area contributed by atoms with Crippen molar-refractivity contribution < 1.29 is 0 Å². The molecule has 0 amide bonds. The van der Waals surface area contributed by atoms with Crippen molar-refractivity contribution in [2.45, 2.75) is 19.9 Å². The lowest BCUT2D eigenvalue weighted by Gasteiger charge is -2.09. The Bertz CT molecular complexity index is 461. The van der Waals surface area contributed by atoms with Crippen LogP contribution in [0.25, 0.3) is 10.9 Å². The average molecular weight is 186 g/mol. The van der Waals surface area contributed by atoms with E-state index in [-0.39, 0.29) is 6.04 Å². The fourth-order valence-electron chi connectivity index (χ4n) is 1.68. The number of hydrogen-bond donors (Lipinski definition) is 1. The molecule has 14 heavy (non-hydrogen) atoms. The predicted octanol–water partition coefficient (Wildman–Crippen LogP) is 2.56. The maximum Gasteiger partial charge on any atom is 0.0708 e. The minimum absolute atomic E-state index is 0.0585. The van der Waals surface area contributed by atoms with Crippen LogP contribution in [-0.4, -0.2) is 4.98 Å². The summed E-state index contributed by atoms with van der Waals surface area (Å²) in [5.74, 6) is 0. The SMILES string of the molecule is Cc1ccc2c([C@@H](C)N)cccc2n1. The molecule has 0 saturated heterocycles. The summed E-state index contributed by atoms with van der Waals surface area (Å²) >= 11 is 0. The molecule has 0 spiro atoms. The van der Waals surface area contributed by atoms with E-state index in [1.807, 2.05) is 32.0 Å². The van der Waals surface area contributed by atoms with Crippen molar-refractivity contribution in [1.29, 1.82) is 0 Å². The van der Waals surface area contributed by atoms with Gasteiger partial charge in [-0.25, -0.2) is 0 Å². The summed E-state index contributed by atoms with van der Waals surface area (Å²) < 4.78 is 0. The lowest BCUT2D eigenvalue weighted by atomic mass is 10.0. The standard InChI is InChI=1S/C12H14N2/c1-8-6-7-11-10(9(2)13)4-3-5-12(11)14-8/h3-7,9H,13H2,1-2H3/t9-/m1/s1. The average Bonchev–Trinajstić information content (AvgIpc) is 2.16. The first kappa shape index (κ1) is 9.16. The van der Waals surface area contributed by atoms with E-state index in [1.165, 1.54) is 0 Å². The summed E-state index contributed by atoms with van der Waals surface area (Å²) in [5.41, 5.74) is 9.12. The molecule has 1 aromatic carbocycles. The van der Waals surface area contributed by atoms with Crippen molar-refractivity contribution in [3.63, 3.8) is 0 Å². The zero-order valence-corrected chi connectivity index (χ0v) is 8.49. The van der Waals surface area contributed by atoms with Gasteiger partial charge in [0.2, 0.25) is 0 Å². The van der Waals surface area contributed by atoms with Crippen LogP contribution in [0.2, 0.25) is 0 Å². The smallest absolute Gasteiger partial charge is 0.0708 e. The summed E-state index contributed by atoms with van der Waals surface area (Å²) in [7, 11) is 0. The fraction of sp³-hybridized carbons (Fsp3) is 0.250. The number of aryl methyl sites for hydroxylation is 1. The molecular weight excluding hydrogens is 172 g/mol. The molecular formula is C12H14N2. The molecule has 0 fully saturated rings. The second kappa shape index (κ2) is 3.39. The van der Waals surface area contributed by atoms with E-state index in [0.29, 0.717) is 0 Å². The molecule has 2 heteroatoms. The fourth-order valence-corrected chi connectivity index (χ4v) is 1.68. The molecule has 0 aliphatic carbocycles. The van der Waals surface area contributed by atoms with Gasteiger partial charge in [-0.15, -0.1) is 0 Å². The molecule has 0 bridgehead atoms. The van der Waals surface area contributed by atoms with Gasteiger partial charge < -0.3 is 5.73 Å². The monoisotopic (exact) mass is 186 g/mol. The van der Waals surface area contributed by atoms with Crippen LogP contribution in [-0.2, 0) is 0 Å². The van der Waals surface area contributed by atoms with E-state index in [2.05, 4.69) is 17.1 Å². The highest BCUT2D eigenvalue weighted by molar-refractivity contribution is 5.82.